The van der Waals surface area contributed by atoms with E-state index in [2.05, 4.69) is 42.7 Å². The second kappa shape index (κ2) is 6.70. The summed E-state index contributed by atoms with van der Waals surface area (Å²) in [5.74, 6) is 1.30. The molecule has 0 aliphatic carbocycles. The minimum absolute atomic E-state index is 0.699. The molecule has 3 heteroatoms. The summed E-state index contributed by atoms with van der Waals surface area (Å²) < 4.78 is 0. The molecule has 2 atom stereocenters. The van der Waals surface area contributed by atoms with Crippen molar-refractivity contribution in [3.63, 3.8) is 0 Å². The Bertz CT molecular complexity index is 152. The summed E-state index contributed by atoms with van der Waals surface area (Å²) in [6.45, 7) is 11.7. The lowest BCUT2D eigenvalue weighted by Crippen LogP contribution is -2.46. The lowest BCUT2D eigenvalue weighted by Gasteiger charge is -2.35. The van der Waals surface area contributed by atoms with Crippen LogP contribution in [0.4, 0.5) is 0 Å². The Morgan fingerprint density at radius 3 is 3.00 bits per heavy atom. The van der Waals surface area contributed by atoms with Crippen molar-refractivity contribution in [3.05, 3.63) is 0 Å². The van der Waals surface area contributed by atoms with E-state index in [9.17, 15) is 0 Å². The molecule has 0 aromatic heterocycles. The van der Waals surface area contributed by atoms with E-state index >= 15 is 0 Å². The minimum Gasteiger partial charge on any atom is -0.315 e. The van der Waals surface area contributed by atoms with Crippen LogP contribution in [0, 0.1) is 0 Å². The van der Waals surface area contributed by atoms with Gasteiger partial charge >= 0.3 is 0 Å². The Balaban J connectivity index is 2.18. The summed E-state index contributed by atoms with van der Waals surface area (Å²) in [7, 11) is 0. The molecule has 0 aromatic carbocycles. The Morgan fingerprint density at radius 2 is 2.36 bits per heavy atom. The van der Waals surface area contributed by atoms with Gasteiger partial charge in [0.15, 0.2) is 0 Å². The van der Waals surface area contributed by atoms with Crippen LogP contribution < -0.4 is 5.32 Å². The fourth-order valence-corrected chi connectivity index (χ4v) is 2.90. The normalized spacial score (nSPS) is 26.4. The van der Waals surface area contributed by atoms with E-state index in [4.69, 9.17) is 0 Å². The SMILES string of the molecule is CCCNCC(C)N1CCSC(C)C1. The van der Waals surface area contributed by atoms with E-state index in [1.54, 1.807) is 0 Å². The van der Waals surface area contributed by atoms with Gasteiger partial charge in [-0.25, -0.2) is 0 Å². The summed E-state index contributed by atoms with van der Waals surface area (Å²) in [5.41, 5.74) is 0. The largest absolute Gasteiger partial charge is 0.315 e. The third kappa shape index (κ3) is 4.20. The highest BCUT2D eigenvalue weighted by atomic mass is 32.2. The first-order valence-corrected chi connectivity index (χ1v) is 6.85. The highest BCUT2D eigenvalue weighted by molar-refractivity contribution is 7.99. The van der Waals surface area contributed by atoms with Crippen molar-refractivity contribution in [1.82, 2.24) is 10.2 Å². The van der Waals surface area contributed by atoms with Crippen LogP contribution >= 0.6 is 11.8 Å². The molecule has 1 fully saturated rings. The van der Waals surface area contributed by atoms with Gasteiger partial charge in [-0.15, -0.1) is 0 Å². The second-order valence-corrected chi connectivity index (χ2v) is 5.78. The van der Waals surface area contributed by atoms with E-state index in [0.29, 0.717) is 6.04 Å². The topological polar surface area (TPSA) is 15.3 Å². The van der Waals surface area contributed by atoms with Crippen molar-refractivity contribution < 1.29 is 0 Å². The lowest BCUT2D eigenvalue weighted by atomic mass is 10.2. The summed E-state index contributed by atoms with van der Waals surface area (Å²) in [6, 6.07) is 0.699. The van der Waals surface area contributed by atoms with E-state index in [1.807, 2.05) is 0 Å². The summed E-state index contributed by atoms with van der Waals surface area (Å²) in [4.78, 5) is 2.61. The molecule has 1 aliphatic rings. The van der Waals surface area contributed by atoms with E-state index < -0.39 is 0 Å². The molecule has 1 saturated heterocycles. The van der Waals surface area contributed by atoms with Crippen LogP contribution in [0.25, 0.3) is 0 Å². The Kier molecular flexibility index (Phi) is 5.90. The van der Waals surface area contributed by atoms with Gasteiger partial charge in [-0.2, -0.15) is 11.8 Å². The maximum Gasteiger partial charge on any atom is 0.0193 e. The zero-order chi connectivity index (χ0) is 10.4. The van der Waals surface area contributed by atoms with Gasteiger partial charge in [-0.3, -0.25) is 4.90 Å². The molecule has 0 spiro atoms. The monoisotopic (exact) mass is 216 g/mol. The van der Waals surface area contributed by atoms with Crippen LogP contribution in [-0.2, 0) is 0 Å². The number of hydrogen-bond acceptors (Lipinski definition) is 3. The standard InChI is InChI=1S/C11H24N2S/c1-4-5-12-8-10(2)13-6-7-14-11(3)9-13/h10-12H,4-9H2,1-3H3. The summed E-state index contributed by atoms with van der Waals surface area (Å²) in [6.07, 6.45) is 1.24. The van der Waals surface area contributed by atoms with Gasteiger partial charge < -0.3 is 5.32 Å². The maximum atomic E-state index is 3.50. The van der Waals surface area contributed by atoms with Gasteiger partial charge in [-0.05, 0) is 19.9 Å². The molecule has 2 unspecified atom stereocenters. The average Bonchev–Trinajstić information content (AvgIpc) is 2.18. The van der Waals surface area contributed by atoms with Gasteiger partial charge in [0.25, 0.3) is 0 Å². The predicted octanol–water partition coefficient (Wildman–Crippen LogP) is 1.81. The fourth-order valence-electron chi connectivity index (χ4n) is 1.86. The zero-order valence-corrected chi connectivity index (χ0v) is 10.6. The Hall–Kier alpha value is 0.270. The molecule has 2 nitrogen and oxygen atoms in total. The van der Waals surface area contributed by atoms with Crippen molar-refractivity contribution in [2.45, 2.75) is 38.5 Å². The van der Waals surface area contributed by atoms with Gasteiger partial charge in [0.1, 0.15) is 0 Å². The van der Waals surface area contributed by atoms with Gasteiger partial charge in [0, 0.05) is 36.7 Å². The first-order valence-electron chi connectivity index (χ1n) is 5.80. The highest BCUT2D eigenvalue weighted by Gasteiger charge is 2.20. The van der Waals surface area contributed by atoms with Crippen molar-refractivity contribution in [1.29, 1.82) is 0 Å². The number of rotatable bonds is 5. The van der Waals surface area contributed by atoms with Gasteiger partial charge in [0.05, 0.1) is 0 Å². The molecule has 1 rings (SSSR count). The molecule has 1 heterocycles. The van der Waals surface area contributed by atoms with Crippen LogP contribution in [-0.4, -0.2) is 48.1 Å². The Morgan fingerprint density at radius 1 is 1.57 bits per heavy atom. The van der Waals surface area contributed by atoms with Crippen LogP contribution in [0.5, 0.6) is 0 Å². The smallest absolute Gasteiger partial charge is 0.0193 e. The predicted molar refractivity (Wildman–Crippen MR) is 66.1 cm³/mol. The summed E-state index contributed by atoms with van der Waals surface area (Å²) >= 11 is 2.11. The van der Waals surface area contributed by atoms with Crippen molar-refractivity contribution in [2.24, 2.45) is 0 Å². The second-order valence-electron chi connectivity index (χ2n) is 4.23. The number of thioether (sulfide) groups is 1. The zero-order valence-electron chi connectivity index (χ0n) is 9.75. The molecular weight excluding hydrogens is 192 g/mol. The average molecular weight is 216 g/mol. The molecule has 0 aromatic rings. The van der Waals surface area contributed by atoms with Crippen molar-refractivity contribution in [3.8, 4) is 0 Å². The third-order valence-electron chi connectivity index (χ3n) is 2.76. The number of nitrogens with one attached hydrogen (secondary N) is 1. The molecule has 0 amide bonds. The van der Waals surface area contributed by atoms with E-state index in [0.717, 1.165) is 18.3 Å². The first kappa shape index (κ1) is 12.3. The van der Waals surface area contributed by atoms with Gasteiger partial charge in [0.2, 0.25) is 0 Å². The molecule has 1 aliphatic heterocycles. The van der Waals surface area contributed by atoms with E-state index in [1.165, 1.54) is 25.3 Å². The van der Waals surface area contributed by atoms with E-state index in [-0.39, 0.29) is 0 Å². The van der Waals surface area contributed by atoms with Crippen molar-refractivity contribution >= 4 is 11.8 Å². The molecule has 0 bridgehead atoms. The van der Waals surface area contributed by atoms with Gasteiger partial charge in [-0.1, -0.05) is 13.8 Å². The quantitative estimate of drug-likeness (QED) is 0.706. The molecule has 0 saturated carbocycles. The van der Waals surface area contributed by atoms with Crippen molar-refractivity contribution in [2.75, 3.05) is 31.9 Å². The third-order valence-corrected chi connectivity index (χ3v) is 3.90. The van der Waals surface area contributed by atoms with Crippen LogP contribution in [0.1, 0.15) is 27.2 Å². The van der Waals surface area contributed by atoms with Crippen LogP contribution in [0.15, 0.2) is 0 Å². The first-order chi connectivity index (χ1) is 6.74. The van der Waals surface area contributed by atoms with Crippen LogP contribution in [0.3, 0.4) is 0 Å². The Labute approximate surface area is 92.8 Å². The number of hydrogen-bond donors (Lipinski definition) is 1. The minimum atomic E-state index is 0.699. The lowest BCUT2D eigenvalue weighted by molar-refractivity contribution is 0.214. The summed E-state index contributed by atoms with van der Waals surface area (Å²) in [5, 5.41) is 4.32. The number of nitrogens with zero attached hydrogens (tertiary/aromatic N) is 1. The molecule has 1 N–H and O–H groups in total. The molecule has 0 radical (unpaired) electrons. The molecule has 14 heavy (non-hydrogen) atoms. The maximum absolute atomic E-state index is 3.50. The van der Waals surface area contributed by atoms with Crippen LogP contribution in [0.2, 0.25) is 0 Å². The fraction of sp³-hybridized carbons (Fsp3) is 1.00. The molecule has 84 valence electrons. The molecular formula is C11H24N2S. The highest BCUT2D eigenvalue weighted by Crippen LogP contribution is 2.19.